The number of nitrogens with two attached hydrogens (primary N) is 1. The normalized spacial score (nSPS) is 11.9. The minimum atomic E-state index is 0.740. The van der Waals surface area contributed by atoms with Crippen LogP contribution in [-0.2, 0) is 6.42 Å². The topological polar surface area (TPSA) is 26.0 Å². The van der Waals surface area contributed by atoms with Crippen molar-refractivity contribution >= 4 is 0 Å². The van der Waals surface area contributed by atoms with E-state index >= 15 is 0 Å². The largest absolute Gasteiger partial charge is 0.330 e. The molecule has 1 heteroatoms. The summed E-state index contributed by atoms with van der Waals surface area (Å²) >= 11 is 0. The molecule has 1 nitrogen and oxygen atoms in total. The molecule has 1 aromatic rings. The van der Waals surface area contributed by atoms with Crippen LogP contribution < -0.4 is 5.73 Å². The molecule has 1 aromatic carbocycles. The number of hydrogen-bond donors (Lipinski definition) is 1. The zero-order valence-electron chi connectivity index (χ0n) is 10.0. The number of allylic oxidation sites excluding steroid dienone is 1. The van der Waals surface area contributed by atoms with E-state index in [1.165, 1.54) is 22.3 Å². The van der Waals surface area contributed by atoms with Crippen LogP contribution in [0.4, 0.5) is 0 Å². The molecule has 0 fully saturated rings. The number of hydrogen-bond acceptors (Lipinski definition) is 1. The van der Waals surface area contributed by atoms with Gasteiger partial charge in [-0.25, -0.2) is 0 Å². The summed E-state index contributed by atoms with van der Waals surface area (Å²) in [6.45, 7) is 7.28. The molecule has 0 atom stereocenters. The molecule has 0 aliphatic heterocycles. The molecule has 82 valence electrons. The lowest BCUT2D eigenvalue weighted by Crippen LogP contribution is -1.98. The maximum Gasteiger partial charge on any atom is -0.00425 e. The Labute approximate surface area is 93.0 Å². The lowest BCUT2D eigenvalue weighted by molar-refractivity contribution is 0.976. The van der Waals surface area contributed by atoms with E-state index < -0.39 is 0 Å². The molecule has 0 unspecified atom stereocenters. The van der Waals surface area contributed by atoms with Crippen molar-refractivity contribution in [3.05, 3.63) is 46.5 Å². The van der Waals surface area contributed by atoms with Crippen molar-refractivity contribution in [2.45, 2.75) is 33.6 Å². The van der Waals surface area contributed by atoms with Crippen LogP contribution in [-0.4, -0.2) is 6.54 Å². The zero-order chi connectivity index (χ0) is 11.3. The molecule has 2 N–H and O–H groups in total. The summed E-state index contributed by atoms with van der Waals surface area (Å²) in [4.78, 5) is 0. The maximum atomic E-state index is 5.49. The molecular formula is C14H21N. The van der Waals surface area contributed by atoms with Crippen molar-refractivity contribution in [1.82, 2.24) is 0 Å². The first-order valence-corrected chi connectivity index (χ1v) is 5.56. The maximum absolute atomic E-state index is 5.49. The second kappa shape index (κ2) is 5.72. The van der Waals surface area contributed by atoms with Gasteiger partial charge in [0, 0.05) is 0 Å². The van der Waals surface area contributed by atoms with Gasteiger partial charge in [-0.05, 0) is 56.8 Å². The van der Waals surface area contributed by atoms with Crippen LogP contribution in [0.25, 0.3) is 0 Å². The van der Waals surface area contributed by atoms with E-state index in [0.717, 1.165) is 19.4 Å². The Balaban J connectivity index is 2.80. The summed E-state index contributed by atoms with van der Waals surface area (Å²) in [7, 11) is 0. The van der Waals surface area contributed by atoms with Crippen molar-refractivity contribution in [2.75, 3.05) is 6.54 Å². The molecule has 0 radical (unpaired) electrons. The summed E-state index contributed by atoms with van der Waals surface area (Å²) in [5.74, 6) is 0. The highest BCUT2D eigenvalue weighted by Gasteiger charge is 2.02. The molecule has 0 heterocycles. The molecular weight excluding hydrogens is 182 g/mol. The van der Waals surface area contributed by atoms with Crippen LogP contribution >= 0.6 is 0 Å². The van der Waals surface area contributed by atoms with Crippen LogP contribution in [0.15, 0.2) is 29.8 Å². The Kier molecular flexibility index (Phi) is 4.57. The zero-order valence-corrected chi connectivity index (χ0v) is 10.0. The van der Waals surface area contributed by atoms with Crippen LogP contribution in [0.2, 0.25) is 0 Å². The van der Waals surface area contributed by atoms with E-state index in [4.69, 9.17) is 5.73 Å². The first-order chi connectivity index (χ1) is 7.15. The summed E-state index contributed by atoms with van der Waals surface area (Å²) in [5, 5.41) is 0. The highest BCUT2D eigenvalue weighted by atomic mass is 14.5. The number of benzene rings is 1. The summed E-state index contributed by atoms with van der Waals surface area (Å²) in [5.41, 5.74) is 11.1. The molecule has 0 spiro atoms. The third-order valence-electron chi connectivity index (χ3n) is 2.76. The average molecular weight is 203 g/mol. The Morgan fingerprint density at radius 1 is 1.27 bits per heavy atom. The van der Waals surface area contributed by atoms with Gasteiger partial charge in [0.1, 0.15) is 0 Å². The molecule has 15 heavy (non-hydrogen) atoms. The van der Waals surface area contributed by atoms with E-state index in [1.54, 1.807) is 0 Å². The minimum Gasteiger partial charge on any atom is -0.330 e. The van der Waals surface area contributed by atoms with Gasteiger partial charge in [0.05, 0.1) is 0 Å². The van der Waals surface area contributed by atoms with E-state index in [1.807, 2.05) is 0 Å². The smallest absolute Gasteiger partial charge is 0.00425 e. The highest BCUT2D eigenvalue weighted by molar-refractivity contribution is 5.36. The van der Waals surface area contributed by atoms with E-state index in [9.17, 15) is 0 Å². The first-order valence-electron chi connectivity index (χ1n) is 5.56. The highest BCUT2D eigenvalue weighted by Crippen LogP contribution is 2.17. The third-order valence-corrected chi connectivity index (χ3v) is 2.76. The summed E-state index contributed by atoms with van der Waals surface area (Å²) < 4.78 is 0. The first kappa shape index (κ1) is 12.0. The standard InChI is InChI=1S/C14H21N/c1-11(6-5-9-15)10-14-12(2)7-4-8-13(14)3/h4,6-8H,5,9-10,15H2,1-3H3/b11-6-. The van der Waals surface area contributed by atoms with Gasteiger partial charge in [-0.15, -0.1) is 0 Å². The van der Waals surface area contributed by atoms with Gasteiger partial charge in [0.15, 0.2) is 0 Å². The van der Waals surface area contributed by atoms with Gasteiger partial charge < -0.3 is 5.73 Å². The third kappa shape index (κ3) is 3.52. The molecule has 0 saturated heterocycles. The monoisotopic (exact) mass is 203 g/mol. The fraction of sp³-hybridized carbons (Fsp3) is 0.429. The predicted molar refractivity (Wildman–Crippen MR) is 67.0 cm³/mol. The van der Waals surface area contributed by atoms with Gasteiger partial charge in [0.25, 0.3) is 0 Å². The fourth-order valence-electron chi connectivity index (χ4n) is 1.81. The van der Waals surface area contributed by atoms with Gasteiger partial charge in [0.2, 0.25) is 0 Å². The van der Waals surface area contributed by atoms with Gasteiger partial charge in [-0.2, -0.15) is 0 Å². The molecule has 0 aliphatic rings. The number of aryl methyl sites for hydroxylation is 2. The van der Waals surface area contributed by atoms with Crippen molar-refractivity contribution in [3.8, 4) is 0 Å². The lowest BCUT2D eigenvalue weighted by Gasteiger charge is -2.09. The molecule has 0 bridgehead atoms. The van der Waals surface area contributed by atoms with Crippen molar-refractivity contribution in [2.24, 2.45) is 5.73 Å². The van der Waals surface area contributed by atoms with Crippen molar-refractivity contribution < 1.29 is 0 Å². The second-order valence-corrected chi connectivity index (χ2v) is 4.17. The molecule has 0 amide bonds. The van der Waals surface area contributed by atoms with Crippen LogP contribution in [0, 0.1) is 13.8 Å². The van der Waals surface area contributed by atoms with Crippen molar-refractivity contribution in [3.63, 3.8) is 0 Å². The van der Waals surface area contributed by atoms with Crippen LogP contribution in [0.5, 0.6) is 0 Å². The number of rotatable bonds is 4. The summed E-state index contributed by atoms with van der Waals surface area (Å²) in [6, 6.07) is 6.48. The summed E-state index contributed by atoms with van der Waals surface area (Å²) in [6.07, 6.45) is 4.28. The second-order valence-electron chi connectivity index (χ2n) is 4.17. The molecule has 0 aromatic heterocycles. The lowest BCUT2D eigenvalue weighted by atomic mass is 9.96. The van der Waals surface area contributed by atoms with Gasteiger partial charge in [-0.3, -0.25) is 0 Å². The Hall–Kier alpha value is -1.08. The van der Waals surface area contributed by atoms with Crippen LogP contribution in [0.1, 0.15) is 30.0 Å². The molecule has 1 rings (SSSR count). The van der Waals surface area contributed by atoms with Gasteiger partial charge in [-0.1, -0.05) is 29.8 Å². The average Bonchev–Trinajstić information content (AvgIpc) is 2.21. The van der Waals surface area contributed by atoms with Crippen molar-refractivity contribution in [1.29, 1.82) is 0 Å². The fourth-order valence-corrected chi connectivity index (χ4v) is 1.81. The quantitative estimate of drug-likeness (QED) is 0.747. The van der Waals surface area contributed by atoms with Gasteiger partial charge >= 0.3 is 0 Å². The SMILES string of the molecule is C/C(=C/CCN)Cc1c(C)cccc1C. The Bertz CT molecular complexity index is 330. The molecule has 0 aliphatic carbocycles. The minimum absolute atomic E-state index is 0.740. The Morgan fingerprint density at radius 2 is 1.87 bits per heavy atom. The van der Waals surface area contributed by atoms with E-state index in [2.05, 4.69) is 45.0 Å². The van der Waals surface area contributed by atoms with E-state index in [-0.39, 0.29) is 0 Å². The van der Waals surface area contributed by atoms with E-state index in [0.29, 0.717) is 0 Å². The Morgan fingerprint density at radius 3 is 2.40 bits per heavy atom. The predicted octanol–water partition coefficient (Wildman–Crippen LogP) is 3.14. The van der Waals surface area contributed by atoms with Crippen LogP contribution in [0.3, 0.4) is 0 Å². The molecule has 0 saturated carbocycles.